The molecule has 1 aromatic heterocycles. The van der Waals surface area contributed by atoms with Crippen LogP contribution in [0.1, 0.15) is 36.6 Å². The average molecular weight is 422 g/mol. The van der Waals surface area contributed by atoms with Gasteiger partial charge in [0.2, 0.25) is 5.91 Å². The minimum Gasteiger partial charge on any atom is -0.356 e. The second-order valence-electron chi connectivity index (χ2n) is 8.40. The molecule has 1 saturated heterocycles. The Morgan fingerprint density at radius 3 is 2.45 bits per heavy atom. The first-order chi connectivity index (χ1) is 15.0. The van der Waals surface area contributed by atoms with E-state index in [0.29, 0.717) is 29.5 Å². The molecule has 3 heterocycles. The monoisotopic (exact) mass is 422 g/mol. The Morgan fingerprint density at radius 1 is 1.06 bits per heavy atom. The predicted octanol–water partition coefficient (Wildman–Crippen LogP) is 3.05. The molecule has 0 bridgehead atoms. The summed E-state index contributed by atoms with van der Waals surface area (Å²) in [5, 5.41) is 14.7. The molecule has 158 valence electrons. The zero-order valence-corrected chi connectivity index (χ0v) is 16.7. The van der Waals surface area contributed by atoms with E-state index in [4.69, 9.17) is 5.26 Å². The number of nitrogens with zero attached hydrogens (tertiary/aromatic N) is 6. The lowest BCUT2D eigenvalue weighted by Gasteiger charge is -2.26. The summed E-state index contributed by atoms with van der Waals surface area (Å²) in [5.74, 6) is -0.118. The van der Waals surface area contributed by atoms with Crippen LogP contribution < -0.4 is 4.90 Å². The number of halogens is 2. The summed E-state index contributed by atoms with van der Waals surface area (Å²) >= 11 is 0. The first kappa shape index (κ1) is 19.5. The largest absolute Gasteiger partial charge is 0.356 e. The molecule has 7 nitrogen and oxygen atoms in total. The van der Waals surface area contributed by atoms with E-state index in [1.54, 1.807) is 12.3 Å². The number of amides is 1. The highest BCUT2D eigenvalue weighted by Crippen LogP contribution is 2.44. The van der Waals surface area contributed by atoms with E-state index in [2.05, 4.69) is 20.0 Å². The van der Waals surface area contributed by atoms with Crippen molar-refractivity contribution in [1.29, 1.82) is 5.26 Å². The summed E-state index contributed by atoms with van der Waals surface area (Å²) in [4.78, 5) is 23.6. The number of anilines is 1. The first-order valence-corrected chi connectivity index (χ1v) is 10.3. The number of rotatable bonds is 3. The van der Waals surface area contributed by atoms with Crippen molar-refractivity contribution in [3.8, 4) is 6.07 Å². The lowest BCUT2D eigenvalue weighted by Crippen LogP contribution is -2.33. The van der Waals surface area contributed by atoms with Gasteiger partial charge < -0.3 is 4.90 Å². The molecular weight excluding hydrogens is 402 g/mol. The van der Waals surface area contributed by atoms with Crippen molar-refractivity contribution in [3.05, 3.63) is 53.5 Å². The fourth-order valence-corrected chi connectivity index (χ4v) is 5.13. The van der Waals surface area contributed by atoms with Crippen LogP contribution in [0.15, 0.2) is 35.7 Å². The van der Waals surface area contributed by atoms with Crippen LogP contribution in [0.5, 0.6) is 0 Å². The number of aromatic nitrogens is 2. The summed E-state index contributed by atoms with van der Waals surface area (Å²) in [6.07, 6.45) is 4.95. The van der Waals surface area contributed by atoms with Crippen LogP contribution >= 0.6 is 0 Å². The van der Waals surface area contributed by atoms with E-state index in [-0.39, 0.29) is 11.8 Å². The zero-order valence-electron chi connectivity index (χ0n) is 16.7. The third kappa shape index (κ3) is 3.63. The summed E-state index contributed by atoms with van der Waals surface area (Å²) in [6, 6.07) is 6.60. The summed E-state index contributed by atoms with van der Waals surface area (Å²) in [6.45, 7) is 1.55. The molecule has 2 aliphatic heterocycles. The minimum atomic E-state index is -0.658. The molecule has 3 atom stereocenters. The summed E-state index contributed by atoms with van der Waals surface area (Å²) in [7, 11) is 0. The molecule has 2 fully saturated rings. The number of fused-ring (bicyclic) bond motifs is 1. The molecule has 1 saturated carbocycles. The first-order valence-electron chi connectivity index (χ1n) is 10.3. The highest BCUT2D eigenvalue weighted by atomic mass is 19.1. The highest BCUT2D eigenvalue weighted by Gasteiger charge is 2.46. The Morgan fingerprint density at radius 2 is 1.77 bits per heavy atom. The third-order valence-corrected chi connectivity index (χ3v) is 6.52. The number of benzene rings is 1. The van der Waals surface area contributed by atoms with E-state index in [1.807, 2.05) is 6.07 Å². The van der Waals surface area contributed by atoms with Gasteiger partial charge in [0.1, 0.15) is 35.5 Å². The second kappa shape index (κ2) is 7.69. The van der Waals surface area contributed by atoms with Gasteiger partial charge >= 0.3 is 0 Å². The molecule has 3 unspecified atom stereocenters. The number of hydrogen-bond donors (Lipinski definition) is 0. The van der Waals surface area contributed by atoms with Crippen LogP contribution in [0.3, 0.4) is 0 Å². The van der Waals surface area contributed by atoms with Crippen LogP contribution in [-0.4, -0.2) is 40.2 Å². The van der Waals surface area contributed by atoms with Crippen molar-refractivity contribution in [2.75, 3.05) is 18.0 Å². The van der Waals surface area contributed by atoms with Gasteiger partial charge in [0.05, 0.1) is 6.04 Å². The highest BCUT2D eigenvalue weighted by molar-refractivity contribution is 5.82. The lowest BCUT2D eigenvalue weighted by atomic mass is 10.0. The van der Waals surface area contributed by atoms with E-state index in [9.17, 15) is 13.6 Å². The minimum absolute atomic E-state index is 0.0850. The molecule has 1 aromatic carbocycles. The molecule has 31 heavy (non-hydrogen) atoms. The molecule has 1 amide bonds. The topological polar surface area (TPSA) is 85.5 Å². The molecule has 9 heteroatoms. The van der Waals surface area contributed by atoms with E-state index < -0.39 is 17.7 Å². The number of nitriles is 1. The predicted molar refractivity (Wildman–Crippen MR) is 108 cm³/mol. The molecule has 5 rings (SSSR count). The number of hydrogen-bond acceptors (Lipinski definition) is 6. The van der Waals surface area contributed by atoms with Gasteiger partial charge in [0.15, 0.2) is 0 Å². The van der Waals surface area contributed by atoms with Gasteiger partial charge in [-0.3, -0.25) is 4.79 Å². The van der Waals surface area contributed by atoms with Gasteiger partial charge in [-0.25, -0.2) is 23.8 Å². The average Bonchev–Trinajstić information content (AvgIpc) is 3.47. The Bertz CT molecular complexity index is 1070. The Balaban J connectivity index is 1.26. The molecular formula is C22H20F2N6O. The summed E-state index contributed by atoms with van der Waals surface area (Å²) in [5.41, 5.74) is 0.756. The fraction of sp³-hybridized carbons (Fsp3) is 0.409. The number of hydrazone groups is 1. The SMILES string of the molecule is N#Cc1cc(N2CC3CC(C(=O)N4N=CCC4c4cc(F)cc(F)c4)CC3C2)ncn1. The fourth-order valence-electron chi connectivity index (χ4n) is 5.13. The van der Waals surface area contributed by atoms with Crippen LogP contribution in [0, 0.1) is 40.7 Å². The quantitative estimate of drug-likeness (QED) is 0.759. The van der Waals surface area contributed by atoms with Crippen LogP contribution in [0.2, 0.25) is 0 Å². The van der Waals surface area contributed by atoms with Crippen molar-refractivity contribution in [2.24, 2.45) is 22.9 Å². The molecule has 0 spiro atoms. The van der Waals surface area contributed by atoms with Gasteiger partial charge in [-0.05, 0) is 42.4 Å². The van der Waals surface area contributed by atoms with Crippen molar-refractivity contribution < 1.29 is 13.6 Å². The maximum absolute atomic E-state index is 13.7. The Kier molecular flexibility index (Phi) is 4.85. The molecule has 0 N–H and O–H groups in total. The maximum atomic E-state index is 13.7. The van der Waals surface area contributed by atoms with Crippen molar-refractivity contribution >= 4 is 17.9 Å². The van der Waals surface area contributed by atoms with Crippen molar-refractivity contribution in [2.45, 2.75) is 25.3 Å². The standard InChI is InChI=1S/C22H20F2N6O/c23-17-5-13(6-18(24)7-17)20-1-2-28-30(20)22(31)14-3-15-10-29(11-16(15)4-14)21-8-19(9-25)26-12-27-21/h2,5-8,12,14-16,20H,1,3-4,10-11H2. The third-order valence-electron chi connectivity index (χ3n) is 6.52. The van der Waals surface area contributed by atoms with Crippen LogP contribution in [0.4, 0.5) is 14.6 Å². The number of carbonyl (C=O) groups excluding carboxylic acids is 1. The molecule has 3 aliphatic rings. The Hall–Kier alpha value is -3.41. The van der Waals surface area contributed by atoms with Gasteiger partial charge in [0.25, 0.3) is 0 Å². The van der Waals surface area contributed by atoms with Gasteiger partial charge in [-0.1, -0.05) is 0 Å². The number of carbonyl (C=O) groups is 1. The molecule has 1 aliphatic carbocycles. The Labute approximate surface area is 178 Å². The van der Waals surface area contributed by atoms with Crippen molar-refractivity contribution in [1.82, 2.24) is 15.0 Å². The maximum Gasteiger partial charge on any atom is 0.246 e. The van der Waals surface area contributed by atoms with Gasteiger partial charge in [-0.2, -0.15) is 10.4 Å². The van der Waals surface area contributed by atoms with E-state index in [1.165, 1.54) is 23.5 Å². The van der Waals surface area contributed by atoms with Crippen LogP contribution in [-0.2, 0) is 4.79 Å². The van der Waals surface area contributed by atoms with Crippen molar-refractivity contribution in [3.63, 3.8) is 0 Å². The van der Waals surface area contributed by atoms with Gasteiger partial charge in [0, 0.05) is 43.8 Å². The van der Waals surface area contributed by atoms with E-state index in [0.717, 1.165) is 37.8 Å². The molecule has 0 radical (unpaired) electrons. The smallest absolute Gasteiger partial charge is 0.246 e. The van der Waals surface area contributed by atoms with Crippen LogP contribution in [0.25, 0.3) is 0 Å². The normalized spacial score (nSPS) is 26.9. The zero-order chi connectivity index (χ0) is 21.5. The summed E-state index contributed by atoms with van der Waals surface area (Å²) < 4.78 is 27.4. The lowest BCUT2D eigenvalue weighted by molar-refractivity contribution is -0.137. The van der Waals surface area contributed by atoms with E-state index >= 15 is 0 Å². The van der Waals surface area contributed by atoms with Gasteiger partial charge in [-0.15, -0.1) is 0 Å². The molecule has 2 aromatic rings. The second-order valence-corrected chi connectivity index (χ2v) is 8.40.